The van der Waals surface area contributed by atoms with E-state index in [0.717, 1.165) is 46.8 Å². The molecule has 0 spiro atoms. The van der Waals surface area contributed by atoms with Crippen LogP contribution in [0, 0.1) is 5.82 Å². The Kier molecular flexibility index (Phi) is 8.26. The summed E-state index contributed by atoms with van der Waals surface area (Å²) in [6.45, 7) is 1.56. The predicted molar refractivity (Wildman–Crippen MR) is 142 cm³/mol. The van der Waals surface area contributed by atoms with Gasteiger partial charge in [-0.15, -0.1) is 0 Å². The lowest BCUT2D eigenvalue weighted by Crippen LogP contribution is -2.21. The van der Waals surface area contributed by atoms with E-state index in [-0.39, 0.29) is 5.82 Å². The summed E-state index contributed by atoms with van der Waals surface area (Å²) >= 11 is 0. The van der Waals surface area contributed by atoms with Crippen LogP contribution in [-0.4, -0.2) is 27.2 Å². The number of aromatic amines is 1. The summed E-state index contributed by atoms with van der Waals surface area (Å²) in [5.74, 6) is -2.30. The number of benzene rings is 4. The third-order valence-corrected chi connectivity index (χ3v) is 5.72. The van der Waals surface area contributed by atoms with Crippen molar-refractivity contribution in [2.24, 2.45) is 0 Å². The van der Waals surface area contributed by atoms with Gasteiger partial charge in [0.2, 0.25) is 0 Å². The lowest BCUT2D eigenvalue weighted by atomic mass is 10.0. The largest absolute Gasteiger partial charge is 0.490 e. The van der Waals surface area contributed by atoms with Crippen molar-refractivity contribution >= 4 is 22.7 Å². The van der Waals surface area contributed by atoms with Crippen molar-refractivity contribution in [2.75, 3.05) is 5.73 Å². The predicted octanol–water partition coefficient (Wildman–Crippen LogP) is 6.54. The van der Waals surface area contributed by atoms with E-state index < -0.39 is 12.1 Å². The second-order valence-electron chi connectivity index (χ2n) is 8.68. The normalized spacial score (nSPS) is 11.2. The molecule has 0 radical (unpaired) electrons. The number of hydrogen-bond donors (Lipinski definition) is 4. The molecule has 0 saturated heterocycles. The Morgan fingerprint density at radius 2 is 1.51 bits per heavy atom. The Balaban J connectivity index is 0.000000448. The topological polar surface area (TPSA) is 104 Å². The minimum absolute atomic E-state index is 0.274. The van der Waals surface area contributed by atoms with Gasteiger partial charge in [0.1, 0.15) is 11.6 Å². The molecule has 0 unspecified atom stereocenters. The maximum atomic E-state index is 13.5. The summed E-state index contributed by atoms with van der Waals surface area (Å²) < 4.78 is 45.2. The number of nitrogen functional groups attached to an aromatic ring is 1. The third-order valence-electron chi connectivity index (χ3n) is 5.72. The first kappa shape index (κ1) is 27.3. The number of carboxylic acid groups (broad SMARTS) is 1. The SMILES string of the molecule is Nc1cccc(CNCc2ccc(-c3cccc(-c4nc5ccc(F)cc5[nH]4)c3)cc2)c1.O=C(O)C(F)(F)F. The standard InChI is InChI=1S/C27H23FN4.C2HF3O2/c28-23-11-12-25-26(15-23)32-27(31-25)22-5-2-4-21(14-22)20-9-7-18(8-10-20)16-30-17-19-3-1-6-24(29)13-19;3-2(4,5)1(6)7/h1-15,30H,16-17,29H2,(H,31,32);(H,6,7). The van der Waals surface area contributed by atoms with E-state index in [9.17, 15) is 17.6 Å². The number of rotatable bonds is 6. The van der Waals surface area contributed by atoms with Crippen LogP contribution in [0.1, 0.15) is 11.1 Å². The maximum Gasteiger partial charge on any atom is 0.490 e. The molecule has 5 rings (SSSR count). The van der Waals surface area contributed by atoms with Crippen molar-refractivity contribution in [3.8, 4) is 22.5 Å². The molecule has 39 heavy (non-hydrogen) atoms. The smallest absolute Gasteiger partial charge is 0.475 e. The van der Waals surface area contributed by atoms with Gasteiger partial charge in [-0.2, -0.15) is 13.2 Å². The van der Waals surface area contributed by atoms with E-state index in [1.54, 1.807) is 6.07 Å². The average molecular weight is 537 g/mol. The lowest BCUT2D eigenvalue weighted by Gasteiger charge is -2.08. The van der Waals surface area contributed by atoms with Crippen LogP contribution in [0.25, 0.3) is 33.5 Å². The molecule has 6 nitrogen and oxygen atoms in total. The first-order valence-corrected chi connectivity index (χ1v) is 11.8. The number of nitrogens with zero attached hydrogens (tertiary/aromatic N) is 1. The molecule has 0 aliphatic rings. The Morgan fingerprint density at radius 3 is 2.21 bits per heavy atom. The lowest BCUT2D eigenvalue weighted by molar-refractivity contribution is -0.192. The quantitative estimate of drug-likeness (QED) is 0.146. The van der Waals surface area contributed by atoms with Crippen LogP contribution in [0.4, 0.5) is 23.2 Å². The van der Waals surface area contributed by atoms with Gasteiger partial charge >= 0.3 is 12.1 Å². The highest BCUT2D eigenvalue weighted by molar-refractivity contribution is 5.80. The summed E-state index contributed by atoms with van der Waals surface area (Å²) in [5.41, 5.74) is 13.7. The monoisotopic (exact) mass is 536 g/mol. The van der Waals surface area contributed by atoms with Crippen LogP contribution in [0.5, 0.6) is 0 Å². The summed E-state index contributed by atoms with van der Waals surface area (Å²) in [4.78, 5) is 16.7. The Hall–Kier alpha value is -4.70. The van der Waals surface area contributed by atoms with Gasteiger partial charge in [0, 0.05) is 24.3 Å². The Bertz CT molecular complexity index is 1580. The van der Waals surface area contributed by atoms with E-state index in [4.69, 9.17) is 15.6 Å². The fraction of sp³-hybridized carbons (Fsp3) is 0.103. The van der Waals surface area contributed by atoms with E-state index >= 15 is 0 Å². The molecule has 0 amide bonds. The molecule has 0 aliphatic carbocycles. The zero-order valence-corrected chi connectivity index (χ0v) is 20.5. The average Bonchev–Trinajstić information content (AvgIpc) is 3.32. The molecule has 0 saturated carbocycles. The van der Waals surface area contributed by atoms with Crippen molar-refractivity contribution in [1.29, 1.82) is 0 Å². The van der Waals surface area contributed by atoms with Gasteiger partial charge in [-0.25, -0.2) is 14.2 Å². The molecule has 5 N–H and O–H groups in total. The molecule has 1 heterocycles. The van der Waals surface area contributed by atoms with Crippen LogP contribution in [0.2, 0.25) is 0 Å². The number of alkyl halides is 3. The van der Waals surface area contributed by atoms with Crippen molar-refractivity contribution < 1.29 is 27.5 Å². The number of halogens is 4. The minimum Gasteiger partial charge on any atom is -0.475 e. The zero-order chi connectivity index (χ0) is 28.0. The number of anilines is 1. The van der Waals surface area contributed by atoms with Gasteiger partial charge in [0.05, 0.1) is 11.0 Å². The number of nitrogens with one attached hydrogen (secondary N) is 2. The van der Waals surface area contributed by atoms with Crippen LogP contribution in [0.15, 0.2) is 91.0 Å². The van der Waals surface area contributed by atoms with Gasteiger partial charge in [-0.05, 0) is 58.7 Å². The molecular weight excluding hydrogens is 512 g/mol. The van der Waals surface area contributed by atoms with Crippen LogP contribution in [0.3, 0.4) is 0 Å². The molecule has 0 fully saturated rings. The first-order chi connectivity index (χ1) is 18.6. The van der Waals surface area contributed by atoms with Gasteiger partial charge < -0.3 is 21.1 Å². The second kappa shape index (κ2) is 11.8. The highest BCUT2D eigenvalue weighted by Crippen LogP contribution is 2.27. The maximum absolute atomic E-state index is 13.5. The number of fused-ring (bicyclic) bond motifs is 1. The number of hydrogen-bond acceptors (Lipinski definition) is 4. The van der Waals surface area contributed by atoms with Crippen molar-refractivity contribution in [2.45, 2.75) is 19.3 Å². The van der Waals surface area contributed by atoms with Gasteiger partial charge in [0.25, 0.3) is 0 Å². The zero-order valence-electron chi connectivity index (χ0n) is 20.5. The van der Waals surface area contributed by atoms with Crippen molar-refractivity contribution in [1.82, 2.24) is 15.3 Å². The van der Waals surface area contributed by atoms with E-state index in [2.05, 4.69) is 57.7 Å². The summed E-state index contributed by atoms with van der Waals surface area (Å²) in [5, 5.41) is 10.6. The number of imidazole rings is 1. The van der Waals surface area contributed by atoms with Gasteiger partial charge in [-0.1, -0.05) is 54.6 Å². The number of carbonyl (C=O) groups is 1. The summed E-state index contributed by atoms with van der Waals surface area (Å²) in [6.07, 6.45) is -5.08. The fourth-order valence-electron chi connectivity index (χ4n) is 3.83. The van der Waals surface area contributed by atoms with E-state index in [1.807, 2.05) is 30.3 Å². The Morgan fingerprint density at radius 1 is 0.846 bits per heavy atom. The minimum atomic E-state index is -5.08. The van der Waals surface area contributed by atoms with Crippen LogP contribution >= 0.6 is 0 Å². The molecule has 5 aromatic rings. The third kappa shape index (κ3) is 7.42. The molecule has 1 aromatic heterocycles. The highest BCUT2D eigenvalue weighted by Gasteiger charge is 2.38. The Labute approximate surface area is 221 Å². The molecule has 4 aromatic carbocycles. The van der Waals surface area contributed by atoms with Crippen LogP contribution < -0.4 is 11.1 Å². The van der Waals surface area contributed by atoms with Gasteiger partial charge in [0.15, 0.2) is 0 Å². The molecule has 0 aliphatic heterocycles. The fourth-order valence-corrected chi connectivity index (χ4v) is 3.83. The number of nitrogens with two attached hydrogens (primary N) is 1. The molecule has 200 valence electrons. The molecule has 0 bridgehead atoms. The summed E-state index contributed by atoms with van der Waals surface area (Å²) in [7, 11) is 0. The molecule has 10 heteroatoms. The number of aromatic nitrogens is 2. The summed E-state index contributed by atoms with van der Waals surface area (Å²) in [6, 6.07) is 29.2. The number of aliphatic carboxylic acids is 1. The number of carboxylic acids is 1. The number of H-pyrrole nitrogens is 1. The van der Waals surface area contributed by atoms with Gasteiger partial charge in [-0.3, -0.25) is 0 Å². The van der Waals surface area contributed by atoms with Crippen molar-refractivity contribution in [3.63, 3.8) is 0 Å². The highest BCUT2D eigenvalue weighted by atomic mass is 19.4. The molecular formula is C29H24F4N4O2. The van der Waals surface area contributed by atoms with E-state index in [0.29, 0.717) is 5.52 Å². The second-order valence-corrected chi connectivity index (χ2v) is 8.68. The van der Waals surface area contributed by atoms with Crippen molar-refractivity contribution in [3.05, 3.63) is 108 Å². The molecule has 0 atom stereocenters. The van der Waals surface area contributed by atoms with E-state index in [1.165, 1.54) is 23.3 Å². The first-order valence-electron chi connectivity index (χ1n) is 11.8. The van der Waals surface area contributed by atoms with Crippen LogP contribution in [-0.2, 0) is 17.9 Å².